The summed E-state index contributed by atoms with van der Waals surface area (Å²) >= 11 is 0. The fourth-order valence-electron chi connectivity index (χ4n) is 0.825. The highest BCUT2D eigenvalue weighted by atomic mass is 16.6. The minimum atomic E-state index is -0.935. The van der Waals surface area contributed by atoms with E-state index in [9.17, 15) is 4.79 Å². The largest absolute Gasteiger partial charge is 0.478 e. The molecule has 0 radical (unpaired) electrons. The van der Waals surface area contributed by atoms with Gasteiger partial charge in [0.1, 0.15) is 7.11 Å². The normalized spacial score (nSPS) is 10.2. The lowest BCUT2D eigenvalue weighted by Crippen LogP contribution is -1.95. The summed E-state index contributed by atoms with van der Waals surface area (Å²) in [7, 11) is 1.45. The molecule has 0 aliphatic carbocycles. The molecule has 68 valence electrons. The number of carboxylic acids is 1. The molecule has 0 saturated carbocycles. The zero-order chi connectivity index (χ0) is 9.68. The summed E-state index contributed by atoms with van der Waals surface area (Å²) in [4.78, 5) is 14.9. The van der Waals surface area contributed by atoms with Gasteiger partial charge in [-0.05, 0) is 17.7 Å². The zero-order valence-corrected chi connectivity index (χ0v) is 7.10. The molecule has 0 atom stereocenters. The summed E-state index contributed by atoms with van der Waals surface area (Å²) in [6.07, 6.45) is 1.51. The Morgan fingerprint density at radius 1 is 1.46 bits per heavy atom. The van der Waals surface area contributed by atoms with Gasteiger partial charge < -0.3 is 9.94 Å². The van der Waals surface area contributed by atoms with Crippen LogP contribution in [0, 0.1) is 0 Å². The Morgan fingerprint density at radius 2 is 2.08 bits per heavy atom. The van der Waals surface area contributed by atoms with E-state index in [2.05, 4.69) is 9.99 Å². The Bertz CT molecular complexity index is 316. The quantitative estimate of drug-likeness (QED) is 0.563. The monoisotopic (exact) mass is 179 g/mol. The van der Waals surface area contributed by atoms with Crippen molar-refractivity contribution >= 4 is 12.2 Å². The maximum Gasteiger partial charge on any atom is 0.335 e. The van der Waals surface area contributed by atoms with Crippen LogP contribution >= 0.6 is 0 Å². The van der Waals surface area contributed by atoms with Crippen molar-refractivity contribution in [2.45, 2.75) is 0 Å². The van der Waals surface area contributed by atoms with Gasteiger partial charge in [-0.3, -0.25) is 0 Å². The van der Waals surface area contributed by atoms with Crippen molar-refractivity contribution < 1.29 is 14.7 Å². The van der Waals surface area contributed by atoms with Crippen LogP contribution in [0.25, 0.3) is 0 Å². The summed E-state index contributed by atoms with van der Waals surface area (Å²) < 4.78 is 0. The lowest BCUT2D eigenvalue weighted by molar-refractivity contribution is 0.0697. The van der Waals surface area contributed by atoms with Crippen molar-refractivity contribution in [2.24, 2.45) is 5.16 Å². The van der Waals surface area contributed by atoms with Crippen molar-refractivity contribution in [1.82, 2.24) is 0 Å². The van der Waals surface area contributed by atoms with Gasteiger partial charge in [0.05, 0.1) is 11.8 Å². The fourth-order valence-corrected chi connectivity index (χ4v) is 0.825. The third kappa shape index (κ3) is 2.59. The highest BCUT2D eigenvalue weighted by Crippen LogP contribution is 2.02. The van der Waals surface area contributed by atoms with E-state index >= 15 is 0 Å². The van der Waals surface area contributed by atoms with Crippen molar-refractivity contribution in [3.05, 3.63) is 35.4 Å². The number of carbonyl (C=O) groups is 1. The first kappa shape index (κ1) is 9.25. The molecular formula is C9H9NO3. The third-order valence-electron chi connectivity index (χ3n) is 1.46. The number of benzene rings is 1. The number of hydrogen-bond donors (Lipinski definition) is 1. The van der Waals surface area contributed by atoms with Gasteiger partial charge in [0.25, 0.3) is 0 Å². The van der Waals surface area contributed by atoms with E-state index < -0.39 is 5.97 Å². The van der Waals surface area contributed by atoms with Gasteiger partial charge in [0.15, 0.2) is 0 Å². The van der Waals surface area contributed by atoms with Crippen LogP contribution in [0.1, 0.15) is 15.9 Å². The van der Waals surface area contributed by atoms with Crippen LogP contribution < -0.4 is 0 Å². The second-order valence-corrected chi connectivity index (χ2v) is 2.34. The van der Waals surface area contributed by atoms with E-state index in [4.69, 9.17) is 5.11 Å². The number of rotatable bonds is 3. The molecule has 1 rings (SSSR count). The van der Waals surface area contributed by atoms with Gasteiger partial charge in [-0.15, -0.1) is 0 Å². The molecule has 0 aliphatic rings. The molecular weight excluding hydrogens is 170 g/mol. The van der Waals surface area contributed by atoms with Crippen LogP contribution in [0.3, 0.4) is 0 Å². The average Bonchev–Trinajstić information content (AvgIpc) is 2.15. The minimum Gasteiger partial charge on any atom is -0.478 e. The molecule has 0 saturated heterocycles. The molecule has 13 heavy (non-hydrogen) atoms. The molecule has 1 N–H and O–H groups in total. The Labute approximate surface area is 75.4 Å². The lowest BCUT2D eigenvalue weighted by atomic mass is 10.1. The second-order valence-electron chi connectivity index (χ2n) is 2.34. The molecule has 0 heterocycles. The van der Waals surface area contributed by atoms with Crippen LogP contribution in [-0.2, 0) is 4.84 Å². The maximum atomic E-state index is 10.5. The number of hydrogen-bond acceptors (Lipinski definition) is 3. The fraction of sp³-hybridized carbons (Fsp3) is 0.111. The van der Waals surface area contributed by atoms with Crippen LogP contribution in [0.15, 0.2) is 29.4 Å². The predicted molar refractivity (Wildman–Crippen MR) is 48.0 cm³/mol. The Kier molecular flexibility index (Phi) is 3.03. The van der Waals surface area contributed by atoms with Gasteiger partial charge in [-0.25, -0.2) is 4.79 Å². The van der Waals surface area contributed by atoms with E-state index in [1.54, 1.807) is 12.1 Å². The van der Waals surface area contributed by atoms with Gasteiger partial charge in [-0.1, -0.05) is 17.3 Å². The Morgan fingerprint density at radius 3 is 2.54 bits per heavy atom. The molecule has 0 bridgehead atoms. The van der Waals surface area contributed by atoms with E-state index in [1.165, 1.54) is 25.5 Å². The highest BCUT2D eigenvalue weighted by Gasteiger charge is 1.99. The number of aromatic carboxylic acids is 1. The third-order valence-corrected chi connectivity index (χ3v) is 1.46. The van der Waals surface area contributed by atoms with Crippen molar-refractivity contribution in [3.63, 3.8) is 0 Å². The second kappa shape index (κ2) is 4.25. The zero-order valence-electron chi connectivity index (χ0n) is 7.10. The van der Waals surface area contributed by atoms with Gasteiger partial charge in [0.2, 0.25) is 0 Å². The number of carboxylic acid groups (broad SMARTS) is 1. The van der Waals surface area contributed by atoms with Crippen LogP contribution in [-0.4, -0.2) is 24.4 Å². The standard InChI is InChI=1S/C9H9NO3/c1-13-10-6-7-2-4-8(5-3-7)9(11)12/h2-6H,1H3,(H,11,12). The van der Waals surface area contributed by atoms with E-state index in [-0.39, 0.29) is 5.56 Å². The molecule has 1 aromatic carbocycles. The van der Waals surface area contributed by atoms with Crippen molar-refractivity contribution in [1.29, 1.82) is 0 Å². The first-order valence-corrected chi connectivity index (χ1v) is 3.64. The first-order valence-electron chi connectivity index (χ1n) is 3.64. The van der Waals surface area contributed by atoms with Crippen LogP contribution in [0.2, 0.25) is 0 Å². The lowest BCUT2D eigenvalue weighted by Gasteiger charge is -1.94. The topological polar surface area (TPSA) is 58.9 Å². The molecule has 1 aromatic rings. The first-order chi connectivity index (χ1) is 6.24. The number of oxime groups is 1. The highest BCUT2D eigenvalue weighted by molar-refractivity contribution is 5.89. The summed E-state index contributed by atoms with van der Waals surface area (Å²) in [6, 6.07) is 6.34. The van der Waals surface area contributed by atoms with Crippen molar-refractivity contribution in [2.75, 3.05) is 7.11 Å². The molecule has 4 nitrogen and oxygen atoms in total. The SMILES string of the molecule is CON=Cc1ccc(C(=O)O)cc1. The molecule has 0 fully saturated rings. The molecule has 0 aromatic heterocycles. The summed E-state index contributed by atoms with van der Waals surface area (Å²) in [5, 5.41) is 12.1. The smallest absolute Gasteiger partial charge is 0.335 e. The Balaban J connectivity index is 2.81. The van der Waals surface area contributed by atoms with Crippen molar-refractivity contribution in [3.8, 4) is 0 Å². The molecule has 0 spiro atoms. The molecule has 4 heteroatoms. The van der Waals surface area contributed by atoms with E-state index in [0.717, 1.165) is 5.56 Å². The maximum absolute atomic E-state index is 10.5. The molecule has 0 unspecified atom stereocenters. The van der Waals surface area contributed by atoms with Crippen LogP contribution in [0.4, 0.5) is 0 Å². The average molecular weight is 179 g/mol. The summed E-state index contributed by atoms with van der Waals surface area (Å²) in [5.74, 6) is -0.935. The minimum absolute atomic E-state index is 0.259. The summed E-state index contributed by atoms with van der Waals surface area (Å²) in [6.45, 7) is 0. The van der Waals surface area contributed by atoms with E-state index in [1.807, 2.05) is 0 Å². The van der Waals surface area contributed by atoms with Crippen LogP contribution in [0.5, 0.6) is 0 Å². The molecule has 0 aliphatic heterocycles. The van der Waals surface area contributed by atoms with Gasteiger partial charge in [-0.2, -0.15) is 0 Å². The number of nitrogens with zero attached hydrogens (tertiary/aromatic N) is 1. The molecule has 0 amide bonds. The predicted octanol–water partition coefficient (Wildman–Crippen LogP) is 1.37. The van der Waals surface area contributed by atoms with Gasteiger partial charge >= 0.3 is 5.97 Å². The van der Waals surface area contributed by atoms with E-state index in [0.29, 0.717) is 0 Å². The summed E-state index contributed by atoms with van der Waals surface area (Å²) in [5.41, 5.74) is 1.06. The van der Waals surface area contributed by atoms with Gasteiger partial charge in [0, 0.05) is 0 Å². The Hall–Kier alpha value is -1.84.